The zero-order valence-corrected chi connectivity index (χ0v) is 10.7. The van der Waals surface area contributed by atoms with Crippen molar-refractivity contribution >= 4 is 28.6 Å². The minimum Gasteiger partial charge on any atom is -0.441 e. The second-order valence-corrected chi connectivity index (χ2v) is 4.14. The largest absolute Gasteiger partial charge is 0.441 e. The fourth-order valence-electron chi connectivity index (χ4n) is 1.77. The number of rotatable bonds is 3. The van der Waals surface area contributed by atoms with Crippen LogP contribution in [0, 0.1) is 0 Å². The molecule has 102 valence electrons. The highest BCUT2D eigenvalue weighted by atomic mass is 16.3. The van der Waals surface area contributed by atoms with Crippen LogP contribution in [-0.2, 0) is 6.42 Å². The van der Waals surface area contributed by atoms with Crippen LogP contribution in [0.1, 0.15) is 23.4 Å². The topological polar surface area (TPSA) is 123 Å². The van der Waals surface area contributed by atoms with Gasteiger partial charge in [0.1, 0.15) is 5.52 Å². The highest BCUT2D eigenvalue weighted by Crippen LogP contribution is 2.20. The van der Waals surface area contributed by atoms with E-state index in [1.165, 1.54) is 0 Å². The lowest BCUT2D eigenvalue weighted by molar-refractivity contribution is 0.101. The van der Waals surface area contributed by atoms with Crippen LogP contribution in [0.5, 0.6) is 0 Å². The Balaban J connectivity index is 1.85. The number of amides is 1. The molecule has 0 saturated heterocycles. The number of oxazole rings is 1. The molecule has 0 spiro atoms. The quantitative estimate of drug-likeness (QED) is 0.661. The Hall–Kier alpha value is -2.90. The van der Waals surface area contributed by atoms with Gasteiger partial charge in [0, 0.05) is 12.1 Å². The van der Waals surface area contributed by atoms with Crippen LogP contribution < -0.4 is 11.1 Å². The lowest BCUT2D eigenvalue weighted by atomic mass is 10.3. The molecule has 4 N–H and O–H groups in total. The average Bonchev–Trinajstić information content (AvgIpc) is 3.03. The van der Waals surface area contributed by atoms with Crippen molar-refractivity contribution in [1.82, 2.24) is 20.2 Å². The van der Waals surface area contributed by atoms with E-state index in [4.69, 9.17) is 10.2 Å². The van der Waals surface area contributed by atoms with Gasteiger partial charge in [0.2, 0.25) is 11.8 Å². The third kappa shape index (κ3) is 2.18. The molecule has 20 heavy (non-hydrogen) atoms. The lowest BCUT2D eigenvalue weighted by Crippen LogP contribution is -2.13. The molecule has 1 amide bonds. The van der Waals surface area contributed by atoms with E-state index >= 15 is 0 Å². The number of nitrogens with one attached hydrogen (secondary N) is 2. The highest BCUT2D eigenvalue weighted by molar-refractivity contribution is 6.02. The Kier molecular flexibility index (Phi) is 2.82. The number of nitrogens with zero attached hydrogens (tertiary/aromatic N) is 3. The first-order chi connectivity index (χ1) is 9.65. The van der Waals surface area contributed by atoms with Crippen molar-refractivity contribution in [3.8, 4) is 0 Å². The van der Waals surface area contributed by atoms with Gasteiger partial charge in [-0.3, -0.25) is 9.89 Å². The molecule has 0 unspecified atom stereocenters. The fourth-order valence-corrected chi connectivity index (χ4v) is 1.77. The molecule has 0 saturated carbocycles. The number of benzene rings is 1. The zero-order valence-electron chi connectivity index (χ0n) is 10.7. The lowest BCUT2D eigenvalue weighted by Gasteiger charge is -2.01. The van der Waals surface area contributed by atoms with Crippen LogP contribution >= 0.6 is 0 Å². The smallest absolute Gasteiger partial charge is 0.293 e. The summed E-state index contributed by atoms with van der Waals surface area (Å²) in [5.74, 6) is 0.311. The summed E-state index contributed by atoms with van der Waals surface area (Å²) in [5, 5.41) is 8.72. The van der Waals surface area contributed by atoms with Crippen LogP contribution in [0.25, 0.3) is 11.1 Å². The highest BCUT2D eigenvalue weighted by Gasteiger charge is 2.12. The van der Waals surface area contributed by atoms with Crippen LogP contribution in [0.2, 0.25) is 0 Å². The number of aromatic nitrogens is 4. The molecule has 8 nitrogen and oxygen atoms in total. The van der Waals surface area contributed by atoms with E-state index in [2.05, 4.69) is 25.5 Å². The number of hydrogen-bond acceptors (Lipinski definition) is 6. The number of carbonyl (C=O) groups is 1. The Morgan fingerprint density at radius 3 is 3.00 bits per heavy atom. The summed E-state index contributed by atoms with van der Waals surface area (Å²) in [7, 11) is 0. The Labute approximate surface area is 113 Å². The number of fused-ring (bicyclic) bond motifs is 1. The minimum absolute atomic E-state index is 0.0229. The summed E-state index contributed by atoms with van der Waals surface area (Å²) < 4.78 is 5.50. The van der Waals surface area contributed by atoms with Gasteiger partial charge in [-0.25, -0.2) is 4.98 Å². The second kappa shape index (κ2) is 4.65. The predicted octanol–water partition coefficient (Wildman–Crippen LogP) is 1.34. The molecule has 3 rings (SSSR count). The third-order valence-electron chi connectivity index (χ3n) is 2.71. The first-order valence-corrected chi connectivity index (χ1v) is 6.04. The van der Waals surface area contributed by atoms with Crippen LogP contribution in [-0.4, -0.2) is 26.1 Å². The number of aromatic amines is 1. The van der Waals surface area contributed by atoms with Gasteiger partial charge in [-0.2, -0.15) is 4.98 Å². The maximum atomic E-state index is 11.9. The summed E-state index contributed by atoms with van der Waals surface area (Å²) in [6.45, 7) is 1.96. The summed E-state index contributed by atoms with van der Waals surface area (Å²) >= 11 is 0. The van der Waals surface area contributed by atoms with E-state index in [1.54, 1.807) is 18.2 Å². The molecule has 0 radical (unpaired) electrons. The van der Waals surface area contributed by atoms with Crippen LogP contribution in [0.15, 0.2) is 22.6 Å². The Bertz CT molecular complexity index is 775. The molecule has 2 heterocycles. The number of aryl methyl sites for hydroxylation is 1. The molecule has 0 bridgehead atoms. The van der Waals surface area contributed by atoms with E-state index in [0.29, 0.717) is 29.1 Å². The Morgan fingerprint density at radius 1 is 1.45 bits per heavy atom. The first-order valence-electron chi connectivity index (χ1n) is 6.04. The zero-order chi connectivity index (χ0) is 14.1. The van der Waals surface area contributed by atoms with Gasteiger partial charge in [-0.05, 0) is 18.2 Å². The van der Waals surface area contributed by atoms with E-state index < -0.39 is 5.91 Å². The van der Waals surface area contributed by atoms with Crippen molar-refractivity contribution in [2.24, 2.45) is 0 Å². The van der Waals surface area contributed by atoms with Crippen molar-refractivity contribution in [2.75, 3.05) is 11.1 Å². The van der Waals surface area contributed by atoms with Crippen molar-refractivity contribution in [1.29, 1.82) is 0 Å². The standard InChI is InChI=1S/C12H12N6O2/c1-2-9-15-7-5-6(3-4-8(7)20-9)14-11(19)10-16-12(13)18-17-10/h3-5H,2H2,1H3,(H,14,19)(H3,13,16,17,18). The van der Waals surface area contributed by atoms with Crippen LogP contribution in [0.4, 0.5) is 11.6 Å². The van der Waals surface area contributed by atoms with Crippen molar-refractivity contribution in [2.45, 2.75) is 13.3 Å². The Morgan fingerprint density at radius 2 is 2.30 bits per heavy atom. The molecule has 2 aromatic heterocycles. The second-order valence-electron chi connectivity index (χ2n) is 4.14. The molecule has 0 aliphatic heterocycles. The van der Waals surface area contributed by atoms with Crippen molar-refractivity contribution < 1.29 is 9.21 Å². The van der Waals surface area contributed by atoms with Gasteiger partial charge in [0.15, 0.2) is 11.5 Å². The molecule has 0 fully saturated rings. The third-order valence-corrected chi connectivity index (χ3v) is 2.71. The summed E-state index contributed by atoms with van der Waals surface area (Å²) in [6.07, 6.45) is 0.716. The molecule has 0 aliphatic rings. The molecule has 1 aromatic carbocycles. The van der Waals surface area contributed by atoms with E-state index in [9.17, 15) is 4.79 Å². The van der Waals surface area contributed by atoms with Gasteiger partial charge in [-0.1, -0.05) is 6.92 Å². The molecular weight excluding hydrogens is 260 g/mol. The van der Waals surface area contributed by atoms with Gasteiger partial charge < -0.3 is 15.5 Å². The molecule has 0 aliphatic carbocycles. The SMILES string of the molecule is CCc1nc2cc(NC(=O)c3nc(N)n[nH]3)ccc2o1. The number of nitrogen functional groups attached to an aromatic ring is 1. The summed E-state index contributed by atoms with van der Waals surface area (Å²) in [4.78, 5) is 19.9. The predicted molar refractivity (Wildman–Crippen MR) is 72.1 cm³/mol. The minimum atomic E-state index is -0.423. The van der Waals surface area contributed by atoms with E-state index in [-0.39, 0.29) is 11.8 Å². The van der Waals surface area contributed by atoms with Gasteiger partial charge >= 0.3 is 0 Å². The van der Waals surface area contributed by atoms with Crippen LogP contribution in [0.3, 0.4) is 0 Å². The van der Waals surface area contributed by atoms with Crippen molar-refractivity contribution in [3.05, 3.63) is 29.9 Å². The van der Waals surface area contributed by atoms with E-state index in [0.717, 1.165) is 0 Å². The molecular formula is C12H12N6O2. The number of carbonyl (C=O) groups excluding carboxylic acids is 1. The molecule has 8 heteroatoms. The maximum Gasteiger partial charge on any atom is 0.293 e. The van der Waals surface area contributed by atoms with Gasteiger partial charge in [0.25, 0.3) is 5.91 Å². The number of nitrogens with two attached hydrogens (primary N) is 1. The summed E-state index contributed by atoms with van der Waals surface area (Å²) in [6, 6.07) is 5.21. The number of hydrogen-bond donors (Lipinski definition) is 3. The molecule has 0 atom stereocenters. The normalized spacial score (nSPS) is 10.8. The first kappa shape index (κ1) is 12.2. The molecule has 3 aromatic rings. The maximum absolute atomic E-state index is 11.9. The number of H-pyrrole nitrogens is 1. The van der Waals surface area contributed by atoms with Gasteiger partial charge in [-0.15, -0.1) is 5.10 Å². The average molecular weight is 272 g/mol. The monoisotopic (exact) mass is 272 g/mol. The fraction of sp³-hybridized carbons (Fsp3) is 0.167. The summed E-state index contributed by atoms with van der Waals surface area (Å²) in [5.41, 5.74) is 7.31. The van der Waals surface area contributed by atoms with Crippen molar-refractivity contribution in [3.63, 3.8) is 0 Å². The van der Waals surface area contributed by atoms with Gasteiger partial charge in [0.05, 0.1) is 0 Å². The number of anilines is 2. The van der Waals surface area contributed by atoms with E-state index in [1.807, 2.05) is 6.92 Å².